The van der Waals surface area contributed by atoms with Crippen LogP contribution in [-0.2, 0) is 6.42 Å². The fraction of sp³-hybridized carbons (Fsp3) is 0.824. The van der Waals surface area contributed by atoms with Crippen molar-refractivity contribution in [3.63, 3.8) is 0 Å². The van der Waals surface area contributed by atoms with Gasteiger partial charge >= 0.3 is 0 Å². The van der Waals surface area contributed by atoms with E-state index in [4.69, 9.17) is 10.8 Å². The molecule has 2 fully saturated rings. The molecule has 1 aromatic heterocycles. The summed E-state index contributed by atoms with van der Waals surface area (Å²) in [6.45, 7) is 6.96. The monoisotopic (exact) mass is 290 g/mol. The van der Waals surface area contributed by atoms with Crippen LogP contribution in [0.5, 0.6) is 0 Å². The van der Waals surface area contributed by atoms with Crippen molar-refractivity contribution in [1.82, 2.24) is 14.7 Å². The zero-order valence-corrected chi connectivity index (χ0v) is 13.6. The largest absolute Gasteiger partial charge is 0.326 e. The molecule has 2 aliphatic rings. The highest BCUT2D eigenvalue weighted by Gasteiger charge is 2.35. The highest BCUT2D eigenvalue weighted by Crippen LogP contribution is 2.29. The predicted molar refractivity (Wildman–Crippen MR) is 86.3 cm³/mol. The van der Waals surface area contributed by atoms with Crippen LogP contribution in [0, 0.1) is 0 Å². The Morgan fingerprint density at radius 1 is 1.24 bits per heavy atom. The average molecular weight is 290 g/mol. The van der Waals surface area contributed by atoms with Gasteiger partial charge < -0.3 is 5.73 Å². The fourth-order valence-corrected chi connectivity index (χ4v) is 3.86. The lowest BCUT2D eigenvalue weighted by atomic mass is 9.90. The average Bonchev–Trinajstić information content (AvgIpc) is 3.20. The third-order valence-corrected chi connectivity index (χ3v) is 5.62. The van der Waals surface area contributed by atoms with Crippen LogP contribution < -0.4 is 5.73 Å². The quantitative estimate of drug-likeness (QED) is 0.907. The summed E-state index contributed by atoms with van der Waals surface area (Å²) in [5, 5.41) is 4.79. The Kier molecular flexibility index (Phi) is 4.36. The second kappa shape index (κ2) is 6.09. The van der Waals surface area contributed by atoms with E-state index in [1.807, 2.05) is 0 Å². The number of hydrogen-bond acceptors (Lipinski definition) is 3. The Labute approximate surface area is 128 Å². The summed E-state index contributed by atoms with van der Waals surface area (Å²) >= 11 is 0. The van der Waals surface area contributed by atoms with Gasteiger partial charge in [0.1, 0.15) is 0 Å². The molecule has 118 valence electrons. The first-order chi connectivity index (χ1) is 10.1. The van der Waals surface area contributed by atoms with Crippen molar-refractivity contribution in [1.29, 1.82) is 0 Å². The van der Waals surface area contributed by atoms with Gasteiger partial charge in [-0.15, -0.1) is 0 Å². The zero-order valence-electron chi connectivity index (χ0n) is 13.6. The van der Waals surface area contributed by atoms with E-state index in [1.165, 1.54) is 51.6 Å². The van der Waals surface area contributed by atoms with Gasteiger partial charge in [0.15, 0.2) is 0 Å². The topological polar surface area (TPSA) is 47.1 Å². The summed E-state index contributed by atoms with van der Waals surface area (Å²) in [6.07, 6.45) is 10.9. The SMILES string of the molecule is CC(C)(C(N)Cc1ccn(C2CCCC2)n1)N1CCCC1. The molecule has 21 heavy (non-hydrogen) atoms. The van der Waals surface area contributed by atoms with Crippen LogP contribution in [0.15, 0.2) is 12.3 Å². The second-order valence-electron chi connectivity index (χ2n) is 7.38. The molecule has 0 bridgehead atoms. The van der Waals surface area contributed by atoms with E-state index < -0.39 is 0 Å². The van der Waals surface area contributed by atoms with Crippen molar-refractivity contribution in [2.45, 2.75) is 76.4 Å². The maximum atomic E-state index is 6.54. The van der Waals surface area contributed by atoms with E-state index >= 15 is 0 Å². The van der Waals surface area contributed by atoms with Crippen molar-refractivity contribution in [2.24, 2.45) is 5.73 Å². The standard InChI is InChI=1S/C17H30N4/c1-17(2,20-10-5-6-11-20)16(18)13-14-9-12-21(19-14)15-7-3-4-8-15/h9,12,15-16H,3-8,10-11,13,18H2,1-2H3. The van der Waals surface area contributed by atoms with E-state index in [0.717, 1.165) is 12.1 Å². The van der Waals surface area contributed by atoms with Crippen LogP contribution in [0.2, 0.25) is 0 Å². The van der Waals surface area contributed by atoms with Crippen molar-refractivity contribution in [2.75, 3.05) is 13.1 Å². The minimum absolute atomic E-state index is 0.0631. The van der Waals surface area contributed by atoms with Gasteiger partial charge in [-0.3, -0.25) is 9.58 Å². The number of rotatable bonds is 5. The van der Waals surface area contributed by atoms with Gasteiger partial charge in [0.25, 0.3) is 0 Å². The maximum Gasteiger partial charge on any atom is 0.0640 e. The lowest BCUT2D eigenvalue weighted by Gasteiger charge is -2.40. The number of hydrogen-bond donors (Lipinski definition) is 1. The Hall–Kier alpha value is -0.870. The summed E-state index contributed by atoms with van der Waals surface area (Å²) in [7, 11) is 0. The minimum Gasteiger partial charge on any atom is -0.326 e. The van der Waals surface area contributed by atoms with Gasteiger partial charge in [-0.05, 0) is 58.7 Å². The van der Waals surface area contributed by atoms with Crippen molar-refractivity contribution < 1.29 is 0 Å². The molecule has 1 aromatic rings. The van der Waals surface area contributed by atoms with Crippen molar-refractivity contribution in [3.05, 3.63) is 18.0 Å². The highest BCUT2D eigenvalue weighted by molar-refractivity contribution is 5.06. The van der Waals surface area contributed by atoms with Gasteiger partial charge in [0.2, 0.25) is 0 Å². The van der Waals surface area contributed by atoms with Crippen LogP contribution in [0.3, 0.4) is 0 Å². The van der Waals surface area contributed by atoms with Crippen LogP contribution >= 0.6 is 0 Å². The molecule has 1 saturated carbocycles. The first-order valence-electron chi connectivity index (χ1n) is 8.62. The third kappa shape index (κ3) is 3.16. The number of nitrogens with two attached hydrogens (primary N) is 1. The number of likely N-dealkylation sites (tertiary alicyclic amines) is 1. The van der Waals surface area contributed by atoms with Gasteiger partial charge in [0, 0.05) is 24.2 Å². The van der Waals surface area contributed by atoms with E-state index in [2.05, 4.69) is 35.7 Å². The summed E-state index contributed by atoms with van der Waals surface area (Å²) in [4.78, 5) is 2.55. The minimum atomic E-state index is 0.0631. The first kappa shape index (κ1) is 15.0. The van der Waals surface area contributed by atoms with Crippen LogP contribution in [0.4, 0.5) is 0 Å². The Morgan fingerprint density at radius 3 is 2.57 bits per heavy atom. The number of nitrogens with zero attached hydrogens (tertiary/aromatic N) is 3. The molecular weight excluding hydrogens is 260 g/mol. The molecule has 1 aliphatic carbocycles. The molecule has 0 spiro atoms. The Morgan fingerprint density at radius 2 is 1.90 bits per heavy atom. The highest BCUT2D eigenvalue weighted by atomic mass is 15.3. The molecule has 2 heterocycles. The molecule has 0 aromatic carbocycles. The van der Waals surface area contributed by atoms with Crippen LogP contribution in [0.25, 0.3) is 0 Å². The van der Waals surface area contributed by atoms with Gasteiger partial charge in [-0.1, -0.05) is 12.8 Å². The molecule has 0 amide bonds. The van der Waals surface area contributed by atoms with Gasteiger partial charge in [-0.2, -0.15) is 5.10 Å². The second-order valence-corrected chi connectivity index (χ2v) is 7.38. The van der Waals surface area contributed by atoms with Crippen molar-refractivity contribution >= 4 is 0 Å². The van der Waals surface area contributed by atoms with E-state index in [9.17, 15) is 0 Å². The molecule has 3 rings (SSSR count). The lowest BCUT2D eigenvalue weighted by molar-refractivity contribution is 0.123. The van der Waals surface area contributed by atoms with Crippen molar-refractivity contribution in [3.8, 4) is 0 Å². The Balaban J connectivity index is 1.62. The molecule has 1 aliphatic heterocycles. The summed E-state index contributed by atoms with van der Waals surface area (Å²) in [5.74, 6) is 0. The number of aromatic nitrogens is 2. The molecule has 4 nitrogen and oxygen atoms in total. The van der Waals surface area contributed by atoms with E-state index in [-0.39, 0.29) is 11.6 Å². The molecule has 4 heteroatoms. The smallest absolute Gasteiger partial charge is 0.0640 e. The molecule has 0 radical (unpaired) electrons. The molecule has 1 unspecified atom stereocenters. The molecule has 2 N–H and O–H groups in total. The lowest BCUT2D eigenvalue weighted by Crippen LogP contribution is -2.56. The Bertz CT molecular complexity index is 453. The summed E-state index contributed by atoms with van der Waals surface area (Å²) < 4.78 is 2.18. The summed E-state index contributed by atoms with van der Waals surface area (Å²) in [5.41, 5.74) is 7.75. The van der Waals surface area contributed by atoms with Gasteiger partial charge in [-0.25, -0.2) is 0 Å². The first-order valence-corrected chi connectivity index (χ1v) is 8.62. The molecule has 1 saturated heterocycles. The summed E-state index contributed by atoms with van der Waals surface area (Å²) in [6, 6.07) is 2.93. The molecular formula is C17H30N4. The third-order valence-electron chi connectivity index (χ3n) is 5.62. The maximum absolute atomic E-state index is 6.54. The van der Waals surface area contributed by atoms with E-state index in [0.29, 0.717) is 6.04 Å². The van der Waals surface area contributed by atoms with Crippen LogP contribution in [-0.4, -0.2) is 39.4 Å². The predicted octanol–water partition coefficient (Wildman–Crippen LogP) is 2.74. The molecule has 1 atom stereocenters. The van der Waals surface area contributed by atoms with Gasteiger partial charge in [0.05, 0.1) is 11.7 Å². The normalized spacial score (nSPS) is 23.0. The van der Waals surface area contributed by atoms with Crippen LogP contribution in [0.1, 0.15) is 64.1 Å². The zero-order chi connectivity index (χ0) is 14.9. The van der Waals surface area contributed by atoms with E-state index in [1.54, 1.807) is 0 Å². The fourth-order valence-electron chi connectivity index (χ4n) is 3.86.